The van der Waals surface area contributed by atoms with Crippen molar-refractivity contribution in [2.75, 3.05) is 33.9 Å². The summed E-state index contributed by atoms with van der Waals surface area (Å²) in [4.78, 5) is 11.6. The third-order valence-corrected chi connectivity index (χ3v) is 8.53. The Morgan fingerprint density at radius 3 is 2.45 bits per heavy atom. The zero-order chi connectivity index (χ0) is 31.4. The minimum Gasteiger partial charge on any atom is -0.496 e. The van der Waals surface area contributed by atoms with Crippen molar-refractivity contribution in [2.45, 2.75) is 45.6 Å². The Morgan fingerprint density at radius 1 is 0.955 bits per heavy atom. The molecule has 0 spiro atoms. The number of nitrogens with one attached hydrogen (secondary N) is 1. The van der Waals surface area contributed by atoms with E-state index in [9.17, 15) is 10.2 Å². The summed E-state index contributed by atoms with van der Waals surface area (Å²) in [5.74, 6) is 1.27. The van der Waals surface area contributed by atoms with Gasteiger partial charge in [-0.1, -0.05) is 47.5 Å². The maximum Gasteiger partial charge on any atom is 0.218 e. The van der Waals surface area contributed by atoms with Gasteiger partial charge < -0.3 is 25.0 Å². The zero-order valence-electron chi connectivity index (χ0n) is 25.4. The van der Waals surface area contributed by atoms with E-state index in [-0.39, 0.29) is 0 Å². The van der Waals surface area contributed by atoms with Gasteiger partial charge in [-0.05, 0) is 50.1 Å². The summed E-state index contributed by atoms with van der Waals surface area (Å²) in [6.07, 6.45) is 1.74. The normalized spacial score (nSPS) is 14.6. The number of rotatable bonds is 11. The van der Waals surface area contributed by atoms with E-state index in [0.717, 1.165) is 52.1 Å². The smallest absolute Gasteiger partial charge is 0.218 e. The molecule has 0 amide bonds. The van der Waals surface area contributed by atoms with Gasteiger partial charge >= 0.3 is 0 Å². The maximum atomic E-state index is 9.88. The van der Waals surface area contributed by atoms with Crippen LogP contribution in [0.3, 0.4) is 0 Å². The Morgan fingerprint density at radius 2 is 1.73 bits per heavy atom. The van der Waals surface area contributed by atoms with Gasteiger partial charge in [0.2, 0.25) is 5.88 Å². The molecule has 2 aromatic carbocycles. The monoisotopic (exact) mass is 636 g/mol. The standard InChI is InChI=1S/C34H38Cl2N4O4/c1-20(41)16-37-17-23-8-9-29(39-34(23)44-4)27-7-5-6-25(31(27)35)26-10-12-38-33(32(26)36)24-14-22-11-13-40(18-21(2)42)19-28(22)30(15-24)43-3/h5-10,12,14-15,20-21,37,41-42H,11,13,16-19H2,1-4H3. The fraction of sp³-hybridized carbons (Fsp3) is 0.353. The Balaban J connectivity index is 1.48. The summed E-state index contributed by atoms with van der Waals surface area (Å²) in [7, 11) is 3.26. The van der Waals surface area contributed by atoms with E-state index in [1.54, 1.807) is 27.3 Å². The third-order valence-electron chi connectivity index (χ3n) is 7.74. The first-order valence-electron chi connectivity index (χ1n) is 14.7. The van der Waals surface area contributed by atoms with Crippen LogP contribution in [0, 0.1) is 0 Å². The van der Waals surface area contributed by atoms with Gasteiger partial charge in [0.25, 0.3) is 0 Å². The Kier molecular flexibility index (Phi) is 10.4. The van der Waals surface area contributed by atoms with E-state index in [1.807, 2.05) is 49.4 Å². The van der Waals surface area contributed by atoms with Gasteiger partial charge in [0.15, 0.2) is 0 Å². The van der Waals surface area contributed by atoms with E-state index in [4.69, 9.17) is 37.7 Å². The summed E-state index contributed by atoms with van der Waals surface area (Å²) in [5.41, 5.74) is 7.64. The quantitative estimate of drug-likeness (QED) is 0.184. The summed E-state index contributed by atoms with van der Waals surface area (Å²) in [6.45, 7) is 6.70. The Bertz CT molecular complexity index is 1610. The van der Waals surface area contributed by atoms with Crippen molar-refractivity contribution < 1.29 is 19.7 Å². The second-order valence-corrected chi connectivity index (χ2v) is 11.9. The lowest BCUT2D eigenvalue weighted by molar-refractivity contribution is 0.118. The second-order valence-electron chi connectivity index (χ2n) is 11.2. The fourth-order valence-corrected chi connectivity index (χ4v) is 6.32. The van der Waals surface area contributed by atoms with Gasteiger partial charge in [0.1, 0.15) is 5.75 Å². The molecule has 5 rings (SSSR count). The molecule has 3 N–H and O–H groups in total. The number of aliphatic hydroxyl groups excluding tert-OH is 2. The highest BCUT2D eigenvalue weighted by molar-refractivity contribution is 6.39. The molecule has 2 unspecified atom stereocenters. The van der Waals surface area contributed by atoms with Crippen LogP contribution in [0.2, 0.25) is 10.0 Å². The predicted octanol–water partition coefficient (Wildman–Crippen LogP) is 6.01. The van der Waals surface area contributed by atoms with E-state index in [1.165, 1.54) is 5.56 Å². The number of pyridine rings is 2. The number of β-amino-alcohol motifs (C(OH)–C–C–N with tert-alkyl or cyclic N) is 1. The van der Waals surface area contributed by atoms with Gasteiger partial charge in [-0.15, -0.1) is 0 Å². The molecular weight excluding hydrogens is 599 g/mol. The zero-order valence-corrected chi connectivity index (χ0v) is 26.9. The molecule has 8 nitrogen and oxygen atoms in total. The van der Waals surface area contributed by atoms with E-state index < -0.39 is 12.2 Å². The molecule has 0 saturated heterocycles. The number of aromatic nitrogens is 2. The minimum absolute atomic E-state index is 0.390. The van der Waals surface area contributed by atoms with Crippen LogP contribution in [0.15, 0.2) is 54.7 Å². The number of methoxy groups -OCH3 is 2. The largest absolute Gasteiger partial charge is 0.496 e. The van der Waals surface area contributed by atoms with Crippen LogP contribution in [-0.2, 0) is 19.5 Å². The molecule has 2 aromatic heterocycles. The van der Waals surface area contributed by atoms with E-state index in [0.29, 0.717) is 53.5 Å². The maximum absolute atomic E-state index is 9.88. The van der Waals surface area contributed by atoms with Crippen molar-refractivity contribution in [3.63, 3.8) is 0 Å². The first-order chi connectivity index (χ1) is 21.2. The molecule has 2 atom stereocenters. The number of hydrogen-bond acceptors (Lipinski definition) is 8. The molecule has 232 valence electrons. The van der Waals surface area contributed by atoms with Gasteiger partial charge in [-0.3, -0.25) is 9.88 Å². The van der Waals surface area contributed by atoms with E-state index >= 15 is 0 Å². The van der Waals surface area contributed by atoms with Crippen LogP contribution in [0.5, 0.6) is 11.6 Å². The van der Waals surface area contributed by atoms with Crippen LogP contribution < -0.4 is 14.8 Å². The lowest BCUT2D eigenvalue weighted by Gasteiger charge is -2.31. The number of aliphatic hydroxyl groups is 2. The number of hydrogen-bond donors (Lipinski definition) is 3. The highest BCUT2D eigenvalue weighted by Gasteiger charge is 2.24. The number of halogens is 2. The Labute approximate surface area is 268 Å². The average Bonchev–Trinajstić information content (AvgIpc) is 3.00. The van der Waals surface area contributed by atoms with E-state index in [2.05, 4.69) is 21.3 Å². The van der Waals surface area contributed by atoms with Gasteiger partial charge in [0, 0.05) is 72.3 Å². The molecular formula is C34H38Cl2N4O4. The first-order valence-corrected chi connectivity index (χ1v) is 15.4. The van der Waals surface area contributed by atoms with Crippen molar-refractivity contribution in [1.82, 2.24) is 20.2 Å². The van der Waals surface area contributed by atoms with Crippen LogP contribution in [0.1, 0.15) is 30.5 Å². The molecule has 0 bridgehead atoms. The lowest BCUT2D eigenvalue weighted by Crippen LogP contribution is -2.35. The lowest BCUT2D eigenvalue weighted by atomic mass is 9.93. The minimum atomic E-state index is -0.447. The van der Waals surface area contributed by atoms with Gasteiger partial charge in [-0.2, -0.15) is 0 Å². The van der Waals surface area contributed by atoms with Crippen molar-refractivity contribution >= 4 is 23.2 Å². The second kappa shape index (κ2) is 14.2. The number of ether oxygens (including phenoxy) is 2. The number of fused-ring (bicyclic) bond motifs is 1. The Hall–Kier alpha value is -3.24. The highest BCUT2D eigenvalue weighted by Crippen LogP contribution is 2.43. The molecule has 0 saturated carbocycles. The van der Waals surface area contributed by atoms with Crippen LogP contribution in [0.25, 0.3) is 33.6 Å². The molecule has 10 heteroatoms. The van der Waals surface area contributed by atoms with Crippen molar-refractivity contribution in [2.24, 2.45) is 0 Å². The molecule has 4 aromatic rings. The summed E-state index contributed by atoms with van der Waals surface area (Å²) in [6, 6.07) is 15.6. The highest BCUT2D eigenvalue weighted by atomic mass is 35.5. The van der Waals surface area contributed by atoms with Crippen LogP contribution in [-0.4, -0.2) is 71.1 Å². The van der Waals surface area contributed by atoms with Crippen LogP contribution >= 0.6 is 23.2 Å². The van der Waals surface area contributed by atoms with Crippen molar-refractivity contribution in [3.8, 4) is 45.3 Å². The molecule has 3 heterocycles. The predicted molar refractivity (Wildman–Crippen MR) is 176 cm³/mol. The molecule has 44 heavy (non-hydrogen) atoms. The van der Waals surface area contributed by atoms with Gasteiger partial charge in [-0.25, -0.2) is 4.98 Å². The number of nitrogens with zero attached hydrogens (tertiary/aromatic N) is 3. The molecule has 0 fully saturated rings. The first kappa shape index (κ1) is 32.2. The fourth-order valence-electron chi connectivity index (χ4n) is 5.67. The molecule has 1 aliphatic heterocycles. The SMILES string of the molecule is COc1cc(-c2nccc(-c3cccc(-c4ccc(CNCC(C)O)c(OC)n4)c3Cl)c2Cl)cc2c1CN(CC(C)O)CC2. The summed E-state index contributed by atoms with van der Waals surface area (Å²) >= 11 is 14.1. The van der Waals surface area contributed by atoms with Crippen molar-refractivity contribution in [1.29, 1.82) is 0 Å². The third kappa shape index (κ3) is 7.01. The average molecular weight is 638 g/mol. The summed E-state index contributed by atoms with van der Waals surface area (Å²) in [5, 5.41) is 23.6. The topological polar surface area (TPSA) is 100.0 Å². The molecule has 0 radical (unpaired) electrons. The number of benzene rings is 2. The van der Waals surface area contributed by atoms with Crippen LogP contribution in [0.4, 0.5) is 0 Å². The summed E-state index contributed by atoms with van der Waals surface area (Å²) < 4.78 is 11.4. The van der Waals surface area contributed by atoms with Crippen molar-refractivity contribution in [3.05, 3.63) is 81.5 Å². The molecule has 0 aliphatic carbocycles. The molecule has 1 aliphatic rings. The van der Waals surface area contributed by atoms with Gasteiger partial charge in [0.05, 0.1) is 47.9 Å².